The molecule has 35 heavy (non-hydrogen) atoms. The van der Waals surface area contributed by atoms with E-state index in [1.807, 2.05) is 0 Å². The molecule has 1 saturated heterocycles. The largest absolute Gasteiger partial charge is 0.387 e. The van der Waals surface area contributed by atoms with E-state index < -0.39 is 53.2 Å². The van der Waals surface area contributed by atoms with Gasteiger partial charge in [0.25, 0.3) is 0 Å². The number of rotatable bonds is 7. The van der Waals surface area contributed by atoms with Crippen LogP contribution < -0.4 is 5.32 Å². The highest BCUT2D eigenvalue weighted by Gasteiger charge is 2.53. The van der Waals surface area contributed by atoms with Crippen molar-refractivity contribution in [3.05, 3.63) is 23.0 Å². The molecular formula is C20H24ClN4O8PS. The Morgan fingerprint density at radius 3 is 2.60 bits per heavy atom. The van der Waals surface area contributed by atoms with Crippen LogP contribution in [0, 0.1) is 16.7 Å². The van der Waals surface area contributed by atoms with E-state index >= 15 is 0 Å². The first-order valence-corrected chi connectivity index (χ1v) is 14.9. The van der Waals surface area contributed by atoms with Gasteiger partial charge >= 0.3 is 7.60 Å². The molecule has 5 N–H and O–H groups in total. The maximum absolute atomic E-state index is 12.2. The molecule has 0 aromatic carbocycles. The minimum atomic E-state index is -4.86. The van der Waals surface area contributed by atoms with Crippen LogP contribution in [0.3, 0.4) is 0 Å². The number of pyridine rings is 1. The summed E-state index contributed by atoms with van der Waals surface area (Å²) in [6.07, 6.45) is 0.0718. The lowest BCUT2D eigenvalue weighted by molar-refractivity contribution is -0.0288. The quantitative estimate of drug-likeness (QED) is 0.246. The summed E-state index contributed by atoms with van der Waals surface area (Å²) in [6, 6.07) is 3.92. The van der Waals surface area contributed by atoms with Crippen LogP contribution in [0.4, 0.5) is 5.69 Å². The summed E-state index contributed by atoms with van der Waals surface area (Å²) in [4.78, 5) is 22.3. The number of halogens is 1. The number of nitriles is 1. The number of aromatic nitrogens is 2. The summed E-state index contributed by atoms with van der Waals surface area (Å²) in [5, 5.41) is 34.6. The second-order valence-corrected chi connectivity index (χ2v) is 14.3. The van der Waals surface area contributed by atoms with Crippen LogP contribution in [0.25, 0.3) is 11.0 Å². The number of aliphatic hydroxyl groups excluding tert-OH is 2. The summed E-state index contributed by atoms with van der Waals surface area (Å²) in [7, 11) is -9.16. The average Bonchev–Trinajstić information content (AvgIpc) is 3.33. The number of sulfone groups is 1. The van der Waals surface area contributed by atoms with Gasteiger partial charge in [0.2, 0.25) is 0 Å². The molecule has 0 radical (unpaired) electrons. The zero-order chi connectivity index (χ0) is 25.3. The van der Waals surface area contributed by atoms with Crippen molar-refractivity contribution in [2.24, 2.45) is 5.41 Å². The first kappa shape index (κ1) is 24.9. The maximum Gasteiger partial charge on any atom is 0.340 e. The lowest BCUT2D eigenvalue weighted by atomic mass is 9.77. The third-order valence-electron chi connectivity index (χ3n) is 6.99. The monoisotopic (exact) mass is 546 g/mol. The molecule has 2 aromatic heterocycles. The van der Waals surface area contributed by atoms with Gasteiger partial charge in [0.15, 0.2) is 26.7 Å². The highest BCUT2D eigenvalue weighted by Crippen LogP contribution is 2.61. The normalized spacial score (nSPS) is 28.2. The molecule has 190 valence electrons. The Balaban J connectivity index is 1.44. The van der Waals surface area contributed by atoms with E-state index in [4.69, 9.17) is 26.1 Å². The van der Waals surface area contributed by atoms with Gasteiger partial charge in [-0.3, -0.25) is 4.57 Å². The van der Waals surface area contributed by atoms with Gasteiger partial charge in [-0.15, -0.1) is 0 Å². The van der Waals surface area contributed by atoms with Crippen LogP contribution in [-0.4, -0.2) is 73.6 Å². The first-order chi connectivity index (χ1) is 16.3. The molecule has 0 unspecified atom stereocenters. The van der Waals surface area contributed by atoms with Crippen LogP contribution in [-0.2, 0) is 19.1 Å². The number of nitrogens with one attached hydrogen (secondary N) is 1. The number of ether oxygens (including phenoxy) is 1. The van der Waals surface area contributed by atoms with Gasteiger partial charge in [0, 0.05) is 17.6 Å². The highest BCUT2D eigenvalue weighted by atomic mass is 35.5. The molecule has 1 spiro atoms. The fraction of sp³-hybridized carbons (Fsp3) is 0.600. The molecule has 2 saturated carbocycles. The van der Waals surface area contributed by atoms with Crippen LogP contribution in [0.15, 0.2) is 12.3 Å². The second-order valence-electron chi connectivity index (χ2n) is 9.72. The van der Waals surface area contributed by atoms with Crippen molar-refractivity contribution in [3.8, 4) is 6.07 Å². The molecule has 3 fully saturated rings. The van der Waals surface area contributed by atoms with E-state index in [1.54, 1.807) is 6.07 Å². The lowest BCUT2D eigenvalue weighted by Gasteiger charge is -2.37. The van der Waals surface area contributed by atoms with E-state index in [0.29, 0.717) is 16.5 Å². The molecule has 1 aliphatic heterocycles. The van der Waals surface area contributed by atoms with Crippen molar-refractivity contribution < 1.29 is 37.7 Å². The summed E-state index contributed by atoms with van der Waals surface area (Å²) in [5.41, 5.74) is -0.0179. The Morgan fingerprint density at radius 2 is 2.00 bits per heavy atom. The minimum absolute atomic E-state index is 0.0586. The number of nitrogens with zero attached hydrogens (tertiary/aromatic N) is 3. The Hall–Kier alpha value is -1.75. The molecule has 3 aliphatic rings. The van der Waals surface area contributed by atoms with Crippen LogP contribution in [0.5, 0.6) is 0 Å². The number of hydrogen-bond donors (Lipinski definition) is 5. The van der Waals surface area contributed by atoms with E-state index in [9.17, 15) is 28.5 Å². The number of fused-ring (bicyclic) bond motifs is 1. The molecule has 12 nitrogen and oxygen atoms in total. The molecule has 15 heteroatoms. The van der Waals surface area contributed by atoms with Crippen molar-refractivity contribution in [1.29, 1.82) is 5.26 Å². The Morgan fingerprint density at radius 1 is 1.31 bits per heavy atom. The van der Waals surface area contributed by atoms with Gasteiger partial charge in [-0.25, -0.2) is 13.4 Å². The van der Waals surface area contributed by atoms with Crippen molar-refractivity contribution in [3.63, 3.8) is 0 Å². The zero-order valence-corrected chi connectivity index (χ0v) is 20.7. The van der Waals surface area contributed by atoms with Crippen molar-refractivity contribution >= 4 is 45.8 Å². The summed E-state index contributed by atoms with van der Waals surface area (Å²) < 4.78 is 42.5. The fourth-order valence-corrected chi connectivity index (χ4v) is 8.59. The van der Waals surface area contributed by atoms with Gasteiger partial charge in [-0.2, -0.15) is 5.26 Å². The fourth-order valence-electron chi connectivity index (χ4n) is 5.13. The van der Waals surface area contributed by atoms with Crippen LogP contribution >= 0.6 is 19.2 Å². The lowest BCUT2D eigenvalue weighted by Crippen LogP contribution is -2.37. The summed E-state index contributed by atoms with van der Waals surface area (Å²) in [5.74, 6) is -0.894. The molecule has 2 aliphatic carbocycles. The van der Waals surface area contributed by atoms with Crippen molar-refractivity contribution in [2.75, 3.05) is 16.6 Å². The van der Waals surface area contributed by atoms with Crippen molar-refractivity contribution in [1.82, 2.24) is 9.55 Å². The SMILES string of the molecule is N#Cc1c(Cl)nc2c(ccn2[C@@H]2O[C@H](CS(=O)(=O)CP(=O)(O)O)[C@@H](O)[C@H]2O)c1NC1CC2(CC2)C1. The molecule has 2 aromatic rings. The summed E-state index contributed by atoms with van der Waals surface area (Å²) >= 11 is 6.31. The zero-order valence-electron chi connectivity index (χ0n) is 18.3. The molecule has 0 bridgehead atoms. The third kappa shape index (κ3) is 4.70. The molecular weight excluding hydrogens is 523 g/mol. The van der Waals surface area contributed by atoms with E-state index in [-0.39, 0.29) is 22.4 Å². The van der Waals surface area contributed by atoms with Gasteiger partial charge < -0.3 is 34.6 Å². The van der Waals surface area contributed by atoms with Gasteiger partial charge in [0.05, 0.1) is 11.4 Å². The number of anilines is 1. The van der Waals surface area contributed by atoms with E-state index in [1.165, 1.54) is 23.6 Å². The van der Waals surface area contributed by atoms with Gasteiger partial charge in [0.1, 0.15) is 35.6 Å². The number of aliphatic hydroxyl groups is 2. The average molecular weight is 547 g/mol. The second kappa shape index (κ2) is 8.39. The predicted molar refractivity (Wildman–Crippen MR) is 124 cm³/mol. The minimum Gasteiger partial charge on any atom is -0.387 e. The van der Waals surface area contributed by atoms with Gasteiger partial charge in [-0.1, -0.05) is 11.6 Å². The third-order valence-corrected chi connectivity index (χ3v) is 11.0. The molecule has 5 rings (SSSR count). The summed E-state index contributed by atoms with van der Waals surface area (Å²) in [6.45, 7) is 0. The molecule has 4 atom stereocenters. The highest BCUT2D eigenvalue weighted by molar-refractivity contribution is 7.97. The molecule has 3 heterocycles. The van der Waals surface area contributed by atoms with Crippen molar-refractivity contribution in [2.45, 2.75) is 56.3 Å². The standard InChI is InChI=1S/C20H24ClN4O8PS/c21-17-12(7-22)14(23-10-5-20(6-10)2-3-20)11-1-4-25(18(11)24-17)19-16(27)15(26)13(33-19)8-35(31,32)9-34(28,29)30/h1,4,10,13,15-16,19,26-27H,2-3,5-6,8-9H2,(H,23,24)(H2,28,29,30)/t13-,15-,16-,19-/m1/s1. The van der Waals surface area contributed by atoms with Crippen LogP contribution in [0.2, 0.25) is 5.15 Å². The maximum atomic E-state index is 12.2. The Kier molecular flexibility index (Phi) is 5.98. The van der Waals surface area contributed by atoms with E-state index in [0.717, 1.165) is 12.8 Å². The van der Waals surface area contributed by atoms with Crippen LogP contribution in [0.1, 0.15) is 37.5 Å². The molecule has 0 amide bonds. The first-order valence-electron chi connectivity index (χ1n) is 10.9. The Labute approximate surface area is 205 Å². The Bertz CT molecular complexity index is 1370. The van der Waals surface area contributed by atoms with Gasteiger partial charge in [-0.05, 0) is 37.2 Å². The predicted octanol–water partition coefficient (Wildman–Crippen LogP) is 1.09. The topological polar surface area (TPSA) is 195 Å². The van der Waals surface area contributed by atoms with E-state index in [2.05, 4.69) is 16.4 Å². The number of hydrogen-bond acceptors (Lipinski definition) is 9. The smallest absolute Gasteiger partial charge is 0.340 e.